The average molecular weight is 497 g/mol. The van der Waals surface area contributed by atoms with Gasteiger partial charge in [0, 0.05) is 5.56 Å². The zero-order valence-electron chi connectivity index (χ0n) is 20.9. The van der Waals surface area contributed by atoms with Crippen molar-refractivity contribution < 1.29 is 19.8 Å². The fourth-order valence-electron chi connectivity index (χ4n) is 5.11. The molecule has 8 nitrogen and oxygen atoms in total. The summed E-state index contributed by atoms with van der Waals surface area (Å²) in [6.45, 7) is 5.82. The Morgan fingerprint density at radius 1 is 1.16 bits per heavy atom. The van der Waals surface area contributed by atoms with E-state index < -0.39 is 5.97 Å². The summed E-state index contributed by atoms with van der Waals surface area (Å²) >= 11 is 0. The molecule has 1 unspecified atom stereocenters. The summed E-state index contributed by atoms with van der Waals surface area (Å²) in [6, 6.07) is 16.1. The topological polar surface area (TPSA) is 115 Å². The first-order valence-corrected chi connectivity index (χ1v) is 12.3. The van der Waals surface area contributed by atoms with Crippen LogP contribution in [0.3, 0.4) is 0 Å². The number of para-hydroxylation sites is 1. The molecule has 0 radical (unpaired) electrons. The zero-order valence-corrected chi connectivity index (χ0v) is 20.9. The van der Waals surface area contributed by atoms with Crippen LogP contribution in [0.1, 0.15) is 59.7 Å². The van der Waals surface area contributed by atoms with Gasteiger partial charge in [0.15, 0.2) is 5.71 Å². The van der Waals surface area contributed by atoms with Crippen LogP contribution in [-0.2, 0) is 11.2 Å². The molecule has 1 aliphatic heterocycles. The molecule has 0 fully saturated rings. The Hall–Kier alpha value is -4.46. The second kappa shape index (κ2) is 9.54. The van der Waals surface area contributed by atoms with Crippen LogP contribution >= 0.6 is 0 Å². The van der Waals surface area contributed by atoms with Gasteiger partial charge >= 0.3 is 11.9 Å². The van der Waals surface area contributed by atoms with E-state index in [4.69, 9.17) is 0 Å². The van der Waals surface area contributed by atoms with Gasteiger partial charge in [-0.1, -0.05) is 31.2 Å². The van der Waals surface area contributed by atoms with Crippen LogP contribution in [0.2, 0.25) is 0 Å². The standard InChI is InChI=1S/C29H28N4O4/c1-4-18-8-9-19-10-11-22(15-25(18)19)33-28(35)26(17(3)32-33)31-30-21-13-16(2)12-20(14-21)23-6-5-7-24(27(23)34)29(36)37/h5-7,10-15,18,30,34H,4,8-9H2,1-3H3,(H,36,37)/b31-26-. The van der Waals surface area contributed by atoms with Crippen molar-refractivity contribution in [3.05, 3.63) is 76.9 Å². The Bertz CT molecular complexity index is 1490. The highest BCUT2D eigenvalue weighted by atomic mass is 16.4. The van der Waals surface area contributed by atoms with Gasteiger partial charge in [-0.05, 0) is 91.6 Å². The second-order valence-electron chi connectivity index (χ2n) is 9.50. The summed E-state index contributed by atoms with van der Waals surface area (Å²) in [5, 5.41) is 30.1. The van der Waals surface area contributed by atoms with Gasteiger partial charge < -0.3 is 10.2 Å². The van der Waals surface area contributed by atoms with E-state index in [-0.39, 0.29) is 22.9 Å². The fraction of sp³-hybridized carbons (Fsp3) is 0.241. The number of benzene rings is 3. The van der Waals surface area contributed by atoms with E-state index in [2.05, 4.69) is 34.7 Å². The summed E-state index contributed by atoms with van der Waals surface area (Å²) < 4.78 is 0. The Labute approximate surface area is 215 Å². The minimum atomic E-state index is -1.20. The first kappa shape index (κ1) is 24.2. The lowest BCUT2D eigenvalue weighted by atomic mass is 9.98. The number of aromatic carboxylic acids is 1. The average Bonchev–Trinajstić information content (AvgIpc) is 3.41. The van der Waals surface area contributed by atoms with E-state index in [1.54, 1.807) is 25.1 Å². The third-order valence-electron chi connectivity index (χ3n) is 7.01. The number of hydrogen-bond donors (Lipinski definition) is 3. The minimum absolute atomic E-state index is 0.172. The van der Waals surface area contributed by atoms with Gasteiger partial charge in [0.25, 0.3) is 0 Å². The molecule has 188 valence electrons. The Morgan fingerprint density at radius 3 is 2.73 bits per heavy atom. The minimum Gasteiger partial charge on any atom is -0.506 e. The van der Waals surface area contributed by atoms with E-state index in [9.17, 15) is 19.8 Å². The molecular weight excluding hydrogens is 468 g/mol. The lowest BCUT2D eigenvalue weighted by Gasteiger charge is -2.15. The molecule has 0 saturated heterocycles. The summed E-state index contributed by atoms with van der Waals surface area (Å²) in [4.78, 5) is 24.7. The molecule has 3 aromatic carbocycles. The molecular formula is C29H28N4O4. The first-order valence-electron chi connectivity index (χ1n) is 12.3. The van der Waals surface area contributed by atoms with Crippen molar-refractivity contribution in [3.63, 3.8) is 0 Å². The normalized spacial score (nSPS) is 17.8. The molecule has 1 heterocycles. The molecule has 3 N–H and O–H groups in total. The molecule has 0 aromatic heterocycles. The summed E-state index contributed by atoms with van der Waals surface area (Å²) in [7, 11) is 0. The zero-order chi connectivity index (χ0) is 26.3. The monoisotopic (exact) mass is 496 g/mol. The summed E-state index contributed by atoms with van der Waals surface area (Å²) in [5.74, 6) is -1.30. The number of carboxylic acids is 1. The van der Waals surface area contributed by atoms with Crippen LogP contribution in [0.15, 0.2) is 64.8 Å². The number of phenols is 1. The molecule has 0 spiro atoms. The Balaban J connectivity index is 1.41. The van der Waals surface area contributed by atoms with Gasteiger partial charge in [0.1, 0.15) is 11.3 Å². The maximum Gasteiger partial charge on any atom is 0.339 e. The predicted octanol–water partition coefficient (Wildman–Crippen LogP) is 5.70. The number of nitrogens with zero attached hydrogens (tertiary/aromatic N) is 3. The van der Waals surface area contributed by atoms with Gasteiger partial charge in [-0.15, -0.1) is 0 Å². The summed E-state index contributed by atoms with van der Waals surface area (Å²) in [6.07, 6.45) is 3.27. The lowest BCUT2D eigenvalue weighted by Crippen LogP contribution is -2.28. The highest BCUT2D eigenvalue weighted by Crippen LogP contribution is 2.38. The number of rotatable bonds is 6. The third kappa shape index (κ3) is 4.46. The van der Waals surface area contributed by atoms with Crippen LogP contribution in [0, 0.1) is 6.92 Å². The number of carboxylic acid groups (broad SMARTS) is 1. The number of fused-ring (bicyclic) bond motifs is 1. The van der Waals surface area contributed by atoms with Gasteiger partial charge in [0.05, 0.1) is 17.1 Å². The molecule has 0 saturated carbocycles. The SMILES string of the molecule is CCC1CCc2ccc(N3N=C(C)/C(=N/Nc4cc(C)cc(-c5cccc(C(=O)O)c5O)c4)C3=O)cc21. The summed E-state index contributed by atoms with van der Waals surface area (Å²) in [5.41, 5.74) is 9.34. The van der Waals surface area contributed by atoms with Crippen molar-refractivity contribution in [2.45, 2.75) is 46.0 Å². The third-order valence-corrected chi connectivity index (χ3v) is 7.01. The number of hydrogen-bond acceptors (Lipinski definition) is 6. The molecule has 0 bridgehead atoms. The van der Waals surface area contributed by atoms with Crippen molar-refractivity contribution in [2.24, 2.45) is 10.2 Å². The number of aryl methyl sites for hydroxylation is 2. The molecule has 1 atom stereocenters. The molecule has 5 rings (SSSR count). The van der Waals surface area contributed by atoms with Crippen molar-refractivity contribution in [1.82, 2.24) is 0 Å². The quantitative estimate of drug-likeness (QED) is 0.379. The van der Waals surface area contributed by atoms with Gasteiger partial charge in [0.2, 0.25) is 0 Å². The number of amides is 1. The number of carbonyl (C=O) groups excluding carboxylic acids is 1. The fourth-order valence-corrected chi connectivity index (χ4v) is 5.11. The highest BCUT2D eigenvalue weighted by molar-refractivity contribution is 6.71. The van der Waals surface area contributed by atoms with E-state index in [0.29, 0.717) is 28.4 Å². The number of nitrogens with one attached hydrogen (secondary N) is 1. The number of carbonyl (C=O) groups is 2. The first-order chi connectivity index (χ1) is 17.8. The smallest absolute Gasteiger partial charge is 0.339 e. The number of hydrazone groups is 2. The maximum absolute atomic E-state index is 13.2. The Kier molecular flexibility index (Phi) is 6.25. The molecule has 8 heteroatoms. The van der Waals surface area contributed by atoms with Crippen molar-refractivity contribution in [2.75, 3.05) is 10.4 Å². The second-order valence-corrected chi connectivity index (χ2v) is 9.50. The molecule has 37 heavy (non-hydrogen) atoms. The predicted molar refractivity (Wildman–Crippen MR) is 145 cm³/mol. The van der Waals surface area contributed by atoms with Crippen molar-refractivity contribution >= 4 is 34.7 Å². The van der Waals surface area contributed by atoms with Crippen LogP contribution < -0.4 is 10.4 Å². The van der Waals surface area contributed by atoms with E-state index >= 15 is 0 Å². The maximum atomic E-state index is 13.2. The number of anilines is 2. The largest absolute Gasteiger partial charge is 0.506 e. The van der Waals surface area contributed by atoms with E-state index in [0.717, 1.165) is 30.5 Å². The molecule has 1 amide bonds. The van der Waals surface area contributed by atoms with Gasteiger partial charge in [-0.3, -0.25) is 10.2 Å². The van der Waals surface area contributed by atoms with E-state index in [1.165, 1.54) is 22.2 Å². The highest BCUT2D eigenvalue weighted by Gasteiger charge is 2.32. The Morgan fingerprint density at radius 2 is 1.97 bits per heavy atom. The van der Waals surface area contributed by atoms with Crippen LogP contribution in [-0.4, -0.2) is 33.5 Å². The van der Waals surface area contributed by atoms with Crippen molar-refractivity contribution in [3.8, 4) is 16.9 Å². The van der Waals surface area contributed by atoms with Crippen LogP contribution in [0.25, 0.3) is 11.1 Å². The lowest BCUT2D eigenvalue weighted by molar-refractivity contribution is -0.112. The van der Waals surface area contributed by atoms with Gasteiger partial charge in [-0.2, -0.15) is 15.2 Å². The van der Waals surface area contributed by atoms with Crippen LogP contribution in [0.5, 0.6) is 5.75 Å². The van der Waals surface area contributed by atoms with Crippen LogP contribution in [0.4, 0.5) is 11.4 Å². The van der Waals surface area contributed by atoms with Crippen molar-refractivity contribution in [1.29, 1.82) is 0 Å². The molecule has 3 aromatic rings. The van der Waals surface area contributed by atoms with Gasteiger partial charge in [-0.25, -0.2) is 4.79 Å². The molecule has 1 aliphatic carbocycles. The number of aromatic hydroxyl groups is 1. The van der Waals surface area contributed by atoms with E-state index in [1.807, 2.05) is 25.1 Å². The molecule has 2 aliphatic rings.